The molecule has 1 aromatic carbocycles. The van der Waals surface area contributed by atoms with Crippen molar-refractivity contribution in [2.45, 2.75) is 38.8 Å². The van der Waals surface area contributed by atoms with Crippen molar-refractivity contribution in [1.29, 1.82) is 0 Å². The van der Waals surface area contributed by atoms with Crippen molar-refractivity contribution in [2.75, 3.05) is 11.4 Å². The van der Waals surface area contributed by atoms with Crippen LogP contribution in [0.2, 0.25) is 0 Å². The molecule has 0 aromatic heterocycles. The second kappa shape index (κ2) is 6.13. The summed E-state index contributed by atoms with van der Waals surface area (Å²) in [6.07, 6.45) is -9.27. The van der Waals surface area contributed by atoms with Crippen LogP contribution in [0.1, 0.15) is 25.0 Å². The van der Waals surface area contributed by atoms with E-state index in [0.717, 1.165) is 17.0 Å². The van der Waals surface area contributed by atoms with E-state index < -0.39 is 37.1 Å². The summed E-state index contributed by atoms with van der Waals surface area (Å²) in [6, 6.07) is 2.14. The zero-order valence-corrected chi connectivity index (χ0v) is 11.4. The number of anilines is 1. The fourth-order valence-electron chi connectivity index (χ4n) is 1.91. The van der Waals surface area contributed by atoms with Crippen molar-refractivity contribution >= 4 is 5.69 Å². The summed E-state index contributed by atoms with van der Waals surface area (Å²) in [5.41, 5.74) is -1.69. The molecule has 0 aliphatic heterocycles. The van der Waals surface area contributed by atoms with Gasteiger partial charge in [-0.15, -0.1) is 0 Å². The van der Waals surface area contributed by atoms with E-state index in [1.165, 1.54) is 13.8 Å². The first-order valence-electron chi connectivity index (χ1n) is 6.10. The van der Waals surface area contributed by atoms with Gasteiger partial charge in [-0.2, -0.15) is 26.3 Å². The van der Waals surface area contributed by atoms with Gasteiger partial charge in [0.1, 0.15) is 6.54 Å². The maximum Gasteiger partial charge on any atom is 0.416 e. The third-order valence-electron chi connectivity index (χ3n) is 2.87. The second-order valence-electron chi connectivity index (χ2n) is 4.83. The van der Waals surface area contributed by atoms with Crippen molar-refractivity contribution in [2.24, 2.45) is 0 Å². The van der Waals surface area contributed by atoms with Crippen LogP contribution in [0.3, 0.4) is 0 Å². The smallest absolute Gasteiger partial charge is 0.392 e. The predicted molar refractivity (Wildman–Crippen MR) is 65.9 cm³/mol. The van der Waals surface area contributed by atoms with E-state index in [1.54, 1.807) is 0 Å². The molecule has 8 heteroatoms. The first kappa shape index (κ1) is 17.6. The zero-order chi connectivity index (χ0) is 16.4. The lowest BCUT2D eigenvalue weighted by atomic mass is 10.1. The molecule has 21 heavy (non-hydrogen) atoms. The number of benzene rings is 1. The van der Waals surface area contributed by atoms with Gasteiger partial charge in [-0.3, -0.25) is 0 Å². The molecule has 0 radical (unpaired) electrons. The third-order valence-corrected chi connectivity index (χ3v) is 2.87. The molecule has 2 nitrogen and oxygen atoms in total. The maximum atomic E-state index is 12.9. The van der Waals surface area contributed by atoms with Crippen molar-refractivity contribution in [1.82, 2.24) is 0 Å². The SMILES string of the molecule is CC(C)N(CC(F)(F)F)c1ccc(CO)c(C(F)(F)F)c1. The van der Waals surface area contributed by atoms with Crippen molar-refractivity contribution in [3.8, 4) is 0 Å². The van der Waals surface area contributed by atoms with Gasteiger partial charge >= 0.3 is 12.4 Å². The molecule has 0 heterocycles. The Kier molecular flexibility index (Phi) is 5.14. The lowest BCUT2D eigenvalue weighted by molar-refractivity contribution is -0.138. The number of aliphatic hydroxyl groups excluding tert-OH is 1. The van der Waals surface area contributed by atoms with Crippen LogP contribution in [0.4, 0.5) is 32.0 Å². The van der Waals surface area contributed by atoms with E-state index in [4.69, 9.17) is 5.11 Å². The molecule has 1 rings (SSSR count). The Hall–Kier alpha value is -1.44. The first-order chi connectivity index (χ1) is 9.45. The lowest BCUT2D eigenvalue weighted by Gasteiger charge is -2.30. The summed E-state index contributed by atoms with van der Waals surface area (Å²) in [6.45, 7) is 0.731. The van der Waals surface area contributed by atoms with Crippen LogP contribution in [0.15, 0.2) is 18.2 Å². The molecule has 0 spiro atoms. The van der Waals surface area contributed by atoms with Gasteiger partial charge in [0, 0.05) is 11.7 Å². The van der Waals surface area contributed by atoms with Crippen LogP contribution in [0, 0.1) is 0 Å². The maximum absolute atomic E-state index is 12.9. The molecule has 0 bridgehead atoms. The van der Waals surface area contributed by atoms with E-state index in [9.17, 15) is 26.3 Å². The summed E-state index contributed by atoms with van der Waals surface area (Å²) in [4.78, 5) is 0.830. The second-order valence-corrected chi connectivity index (χ2v) is 4.83. The van der Waals surface area contributed by atoms with E-state index in [2.05, 4.69) is 0 Å². The minimum atomic E-state index is -4.74. The number of rotatable bonds is 4. The van der Waals surface area contributed by atoms with E-state index in [-0.39, 0.29) is 11.3 Å². The van der Waals surface area contributed by atoms with E-state index in [1.807, 2.05) is 0 Å². The van der Waals surface area contributed by atoms with E-state index in [0.29, 0.717) is 6.07 Å². The predicted octanol–water partition coefficient (Wildman–Crippen LogP) is 3.97. The number of hydrogen-bond acceptors (Lipinski definition) is 2. The molecular weight excluding hydrogens is 300 g/mol. The Morgan fingerprint density at radius 2 is 1.67 bits per heavy atom. The molecule has 0 aliphatic rings. The van der Waals surface area contributed by atoms with Crippen LogP contribution in [-0.2, 0) is 12.8 Å². The largest absolute Gasteiger partial charge is 0.416 e. The highest BCUT2D eigenvalue weighted by Crippen LogP contribution is 2.35. The van der Waals surface area contributed by atoms with E-state index >= 15 is 0 Å². The summed E-state index contributed by atoms with van der Waals surface area (Å²) in [7, 11) is 0. The van der Waals surface area contributed by atoms with Crippen molar-refractivity contribution < 1.29 is 31.4 Å². The molecule has 120 valence electrons. The Morgan fingerprint density at radius 1 is 1.10 bits per heavy atom. The zero-order valence-electron chi connectivity index (χ0n) is 11.4. The number of nitrogens with zero attached hydrogens (tertiary/aromatic N) is 1. The Morgan fingerprint density at radius 3 is 2.05 bits per heavy atom. The molecule has 1 N–H and O–H groups in total. The topological polar surface area (TPSA) is 23.5 Å². The highest BCUT2D eigenvalue weighted by molar-refractivity contribution is 5.52. The lowest BCUT2D eigenvalue weighted by Crippen LogP contribution is -2.39. The molecule has 0 aliphatic carbocycles. The number of alkyl halides is 6. The molecular formula is C13H15F6NO. The number of halogens is 6. The van der Waals surface area contributed by atoms with Crippen molar-refractivity contribution in [3.05, 3.63) is 29.3 Å². The van der Waals surface area contributed by atoms with Gasteiger partial charge in [-0.25, -0.2) is 0 Å². The van der Waals surface area contributed by atoms with Gasteiger partial charge in [-0.1, -0.05) is 6.07 Å². The van der Waals surface area contributed by atoms with Gasteiger partial charge in [0.05, 0.1) is 12.2 Å². The Balaban J connectivity index is 3.28. The van der Waals surface area contributed by atoms with Crippen LogP contribution >= 0.6 is 0 Å². The summed E-state index contributed by atoms with van der Waals surface area (Å²) < 4.78 is 76.2. The molecule has 0 fully saturated rings. The number of hydrogen-bond donors (Lipinski definition) is 1. The molecule has 0 unspecified atom stereocenters. The third kappa shape index (κ3) is 4.80. The van der Waals surface area contributed by atoms with Crippen LogP contribution in [0.25, 0.3) is 0 Å². The van der Waals surface area contributed by atoms with Crippen LogP contribution < -0.4 is 4.90 Å². The Labute approximate surface area is 118 Å². The molecule has 0 atom stereocenters. The fraction of sp³-hybridized carbons (Fsp3) is 0.538. The van der Waals surface area contributed by atoms with Crippen LogP contribution in [0.5, 0.6) is 0 Å². The standard InChI is InChI=1S/C13H15F6NO/c1-8(2)20(7-12(14,15)16)10-4-3-9(6-21)11(5-10)13(17,18)19/h3-5,8,21H,6-7H2,1-2H3. The molecule has 1 aromatic rings. The average molecular weight is 315 g/mol. The van der Waals surface area contributed by atoms with Gasteiger partial charge in [0.15, 0.2) is 0 Å². The van der Waals surface area contributed by atoms with Gasteiger partial charge in [-0.05, 0) is 31.5 Å². The minimum absolute atomic E-state index is 0.188. The highest BCUT2D eigenvalue weighted by atomic mass is 19.4. The first-order valence-corrected chi connectivity index (χ1v) is 6.10. The normalized spacial score (nSPS) is 12.9. The highest BCUT2D eigenvalue weighted by Gasteiger charge is 2.36. The summed E-state index contributed by atoms with van der Waals surface area (Å²) in [5, 5.41) is 8.91. The van der Waals surface area contributed by atoms with Crippen LogP contribution in [-0.4, -0.2) is 23.9 Å². The summed E-state index contributed by atoms with van der Waals surface area (Å²) >= 11 is 0. The van der Waals surface area contributed by atoms with Gasteiger partial charge in [0.25, 0.3) is 0 Å². The van der Waals surface area contributed by atoms with Gasteiger partial charge < -0.3 is 10.0 Å². The average Bonchev–Trinajstić information content (AvgIpc) is 2.33. The molecule has 0 saturated carbocycles. The van der Waals surface area contributed by atoms with Gasteiger partial charge in [0.2, 0.25) is 0 Å². The Bertz CT molecular complexity index is 481. The fourth-order valence-corrected chi connectivity index (χ4v) is 1.91. The summed E-state index contributed by atoms with van der Waals surface area (Å²) in [5.74, 6) is 0. The molecule has 0 amide bonds. The monoisotopic (exact) mass is 315 g/mol. The number of aliphatic hydroxyl groups is 1. The quantitative estimate of drug-likeness (QED) is 0.850. The van der Waals surface area contributed by atoms with Crippen molar-refractivity contribution in [3.63, 3.8) is 0 Å². The minimum Gasteiger partial charge on any atom is -0.392 e. The molecule has 0 saturated heterocycles.